The van der Waals surface area contributed by atoms with E-state index < -0.39 is 0 Å². The first-order valence-electron chi connectivity index (χ1n) is 8.45. The molecular weight excluding hydrogens is 266 g/mol. The van der Waals surface area contributed by atoms with Crippen LogP contribution in [0.2, 0.25) is 0 Å². The predicted molar refractivity (Wildman–Crippen MR) is 79.7 cm³/mol. The van der Waals surface area contributed by atoms with Crippen LogP contribution in [0.3, 0.4) is 0 Å². The monoisotopic (exact) mass is 293 g/mol. The molecule has 0 spiro atoms. The first-order chi connectivity index (χ1) is 10.4. The Balaban J connectivity index is 1.56. The third kappa shape index (κ3) is 3.83. The number of nitrogens with one attached hydrogen (secondary N) is 1. The number of hydrogen-bond donors (Lipinski definition) is 1. The van der Waals surface area contributed by atoms with Gasteiger partial charge in [0, 0.05) is 13.2 Å². The molecule has 3 rings (SSSR count). The summed E-state index contributed by atoms with van der Waals surface area (Å²) in [6.07, 6.45) is 11.5. The number of methoxy groups -OCH3 is 1. The Morgan fingerprint density at radius 2 is 1.86 bits per heavy atom. The molecule has 2 saturated carbocycles. The van der Waals surface area contributed by atoms with Gasteiger partial charge in [-0.05, 0) is 31.6 Å². The van der Waals surface area contributed by atoms with Crippen LogP contribution < -0.4 is 5.32 Å². The molecule has 0 aromatic carbocycles. The Morgan fingerprint density at radius 3 is 2.57 bits per heavy atom. The molecule has 2 fully saturated rings. The summed E-state index contributed by atoms with van der Waals surface area (Å²) in [4.78, 5) is 4.55. The Labute approximate surface area is 126 Å². The van der Waals surface area contributed by atoms with E-state index in [4.69, 9.17) is 9.26 Å². The number of rotatable bonds is 6. The van der Waals surface area contributed by atoms with Crippen LogP contribution in [0.4, 0.5) is 0 Å². The molecule has 1 aromatic heterocycles. The predicted octanol–water partition coefficient (Wildman–Crippen LogP) is 3.37. The van der Waals surface area contributed by atoms with Gasteiger partial charge in [-0.3, -0.25) is 0 Å². The van der Waals surface area contributed by atoms with Crippen molar-refractivity contribution in [3.8, 4) is 0 Å². The second kappa shape index (κ2) is 7.36. The molecule has 118 valence electrons. The van der Waals surface area contributed by atoms with Gasteiger partial charge in [-0.2, -0.15) is 4.98 Å². The molecule has 0 bridgehead atoms. The fraction of sp³-hybridized carbons (Fsp3) is 0.875. The van der Waals surface area contributed by atoms with Gasteiger partial charge in [0.15, 0.2) is 0 Å². The molecule has 0 radical (unpaired) electrons. The molecule has 2 aliphatic carbocycles. The quantitative estimate of drug-likeness (QED) is 0.871. The number of ether oxygens (including phenoxy) is 1. The summed E-state index contributed by atoms with van der Waals surface area (Å²) in [6.45, 7) is 0.679. The van der Waals surface area contributed by atoms with Crippen LogP contribution in [0.15, 0.2) is 4.52 Å². The van der Waals surface area contributed by atoms with Crippen LogP contribution in [0, 0.1) is 5.92 Å². The number of aromatic nitrogens is 2. The van der Waals surface area contributed by atoms with Crippen LogP contribution in [0.25, 0.3) is 0 Å². The summed E-state index contributed by atoms with van der Waals surface area (Å²) >= 11 is 0. The van der Waals surface area contributed by atoms with Gasteiger partial charge in [-0.15, -0.1) is 0 Å². The molecule has 1 aromatic rings. The highest BCUT2D eigenvalue weighted by atomic mass is 16.5. The minimum atomic E-state index is -0.00530. The zero-order valence-electron chi connectivity index (χ0n) is 13.0. The average Bonchev–Trinajstić information content (AvgIpc) is 3.19. The summed E-state index contributed by atoms with van der Waals surface area (Å²) in [7, 11) is 1.76. The van der Waals surface area contributed by atoms with Gasteiger partial charge in [0.25, 0.3) is 0 Å². The molecule has 21 heavy (non-hydrogen) atoms. The van der Waals surface area contributed by atoms with E-state index >= 15 is 0 Å². The number of nitrogens with zero attached hydrogens (tertiary/aromatic N) is 2. The average molecular weight is 293 g/mol. The van der Waals surface area contributed by atoms with Gasteiger partial charge >= 0.3 is 0 Å². The molecule has 5 heteroatoms. The third-order valence-electron chi connectivity index (χ3n) is 4.97. The lowest BCUT2D eigenvalue weighted by molar-refractivity contribution is 0.0273. The Bertz CT molecular complexity index is 423. The molecule has 0 aliphatic heterocycles. The third-order valence-corrected chi connectivity index (χ3v) is 4.97. The molecule has 2 aliphatic rings. The van der Waals surface area contributed by atoms with E-state index in [0.717, 1.165) is 5.82 Å². The van der Waals surface area contributed by atoms with Gasteiger partial charge < -0.3 is 14.6 Å². The normalized spacial score (nSPS) is 22.7. The molecule has 0 amide bonds. The topological polar surface area (TPSA) is 60.2 Å². The Morgan fingerprint density at radius 1 is 1.14 bits per heavy atom. The highest BCUT2D eigenvalue weighted by Crippen LogP contribution is 2.35. The van der Waals surface area contributed by atoms with Crippen molar-refractivity contribution in [1.82, 2.24) is 15.5 Å². The van der Waals surface area contributed by atoms with E-state index in [1.165, 1.54) is 57.8 Å². The first kappa shape index (κ1) is 15.0. The zero-order chi connectivity index (χ0) is 14.5. The lowest BCUT2D eigenvalue weighted by Crippen LogP contribution is -2.25. The van der Waals surface area contributed by atoms with E-state index in [-0.39, 0.29) is 6.10 Å². The van der Waals surface area contributed by atoms with Crippen LogP contribution in [-0.2, 0) is 11.3 Å². The van der Waals surface area contributed by atoms with Crippen LogP contribution in [-0.4, -0.2) is 23.3 Å². The minimum absolute atomic E-state index is 0.00530. The van der Waals surface area contributed by atoms with Gasteiger partial charge in [-0.1, -0.05) is 37.3 Å². The molecular formula is C16H27N3O2. The lowest BCUT2D eigenvalue weighted by atomic mass is 9.85. The van der Waals surface area contributed by atoms with Crippen LogP contribution >= 0.6 is 0 Å². The number of hydrogen-bond acceptors (Lipinski definition) is 5. The van der Waals surface area contributed by atoms with E-state index in [9.17, 15) is 0 Å². The van der Waals surface area contributed by atoms with Gasteiger partial charge in [0.2, 0.25) is 11.7 Å². The first-order valence-corrected chi connectivity index (χ1v) is 8.45. The van der Waals surface area contributed by atoms with E-state index in [1.807, 2.05) is 0 Å². The standard InChI is InChI=1S/C16H27N3O2/c1-20-15(12-7-3-2-4-8-12)16-18-14(21-19-16)11-17-13-9-5-6-10-13/h12-13,15,17H,2-11H2,1H3. The molecule has 1 heterocycles. The lowest BCUT2D eigenvalue weighted by Gasteiger charge is -2.26. The van der Waals surface area contributed by atoms with Crippen molar-refractivity contribution in [1.29, 1.82) is 0 Å². The second-order valence-electron chi connectivity index (χ2n) is 6.46. The zero-order valence-corrected chi connectivity index (χ0v) is 13.0. The summed E-state index contributed by atoms with van der Waals surface area (Å²) < 4.78 is 11.1. The highest BCUT2D eigenvalue weighted by molar-refractivity contribution is 4.95. The molecule has 0 saturated heterocycles. The summed E-state index contributed by atoms with van der Waals surface area (Å²) in [6, 6.07) is 0.622. The SMILES string of the molecule is COC(c1noc(CNC2CCCC2)n1)C1CCCCC1. The van der Waals surface area contributed by atoms with Crippen molar-refractivity contribution < 1.29 is 9.26 Å². The van der Waals surface area contributed by atoms with Gasteiger partial charge in [-0.25, -0.2) is 0 Å². The summed E-state index contributed by atoms with van der Waals surface area (Å²) in [5.74, 6) is 1.96. The maximum Gasteiger partial charge on any atom is 0.240 e. The summed E-state index contributed by atoms with van der Waals surface area (Å²) in [5.41, 5.74) is 0. The van der Waals surface area contributed by atoms with Crippen molar-refractivity contribution in [2.75, 3.05) is 7.11 Å². The van der Waals surface area contributed by atoms with Crippen molar-refractivity contribution in [3.05, 3.63) is 11.7 Å². The highest BCUT2D eigenvalue weighted by Gasteiger charge is 2.29. The maximum atomic E-state index is 5.66. The maximum absolute atomic E-state index is 5.66. The van der Waals surface area contributed by atoms with E-state index in [2.05, 4.69) is 15.5 Å². The fourth-order valence-electron chi connectivity index (χ4n) is 3.76. The molecule has 1 unspecified atom stereocenters. The molecule has 5 nitrogen and oxygen atoms in total. The smallest absolute Gasteiger partial charge is 0.240 e. The molecule has 1 N–H and O–H groups in total. The largest absolute Gasteiger partial charge is 0.373 e. The van der Waals surface area contributed by atoms with Gasteiger partial charge in [0.05, 0.1) is 6.54 Å². The Kier molecular flexibility index (Phi) is 5.25. The second-order valence-corrected chi connectivity index (χ2v) is 6.46. The molecule has 1 atom stereocenters. The summed E-state index contributed by atoms with van der Waals surface area (Å²) in [5, 5.41) is 7.67. The van der Waals surface area contributed by atoms with E-state index in [1.54, 1.807) is 7.11 Å². The minimum Gasteiger partial charge on any atom is -0.373 e. The van der Waals surface area contributed by atoms with Gasteiger partial charge in [0.1, 0.15) is 6.10 Å². The van der Waals surface area contributed by atoms with Crippen molar-refractivity contribution in [2.45, 2.75) is 76.5 Å². The Hall–Kier alpha value is -0.940. The fourth-order valence-corrected chi connectivity index (χ4v) is 3.76. The van der Waals surface area contributed by atoms with Crippen molar-refractivity contribution in [3.63, 3.8) is 0 Å². The van der Waals surface area contributed by atoms with E-state index in [0.29, 0.717) is 24.4 Å². The van der Waals surface area contributed by atoms with Crippen molar-refractivity contribution in [2.24, 2.45) is 5.92 Å². The van der Waals surface area contributed by atoms with Crippen LogP contribution in [0.5, 0.6) is 0 Å². The van der Waals surface area contributed by atoms with Crippen LogP contribution in [0.1, 0.15) is 75.6 Å². The van der Waals surface area contributed by atoms with Crippen molar-refractivity contribution >= 4 is 0 Å².